The standard InChI is InChI=1S/C26H42O3Si2.C16H18.C14H14.C11H16.C6H10O6.2CH4/c1-21-12-14-23(18-25(21)20-27)10-8-16-30(4,5)29-31(6,7)17-9-11-24-15-13-22(2)26(19-24)28-3;1-12-4-8-15(9-5-12)14(3)16-10-6-13(2)7-11-16;1-11-3-7-13(8-4-11)14-9-5-12(2)6-10-14;1-9-5-7-10(8-6-9)11(2,3)4;1-5(7)10-4-12-6(8)11-3-9-2;;/h12-15,18-19,27H,8-11,16-17,20H2,1-7H3;4-11,14H,1-3H3;3-10H,1-2H3;5-8H,1-4H3;3-4H2,1-2H3;2*1H4. The topological polar surface area (TPSA) is 110 Å². The Morgan fingerprint density at radius 2 is 0.895 bits per heavy atom. The molecule has 0 radical (unpaired) electrons. The maximum absolute atomic E-state index is 10.5. The zero-order valence-electron chi connectivity index (χ0n) is 54.2. The smallest absolute Gasteiger partial charge is 0.496 e. The Bertz CT molecular complexity index is 2840. The highest BCUT2D eigenvalue weighted by Gasteiger charge is 2.32. The lowest BCUT2D eigenvalue weighted by Crippen LogP contribution is -2.44. The second kappa shape index (κ2) is 39.2. The van der Waals surface area contributed by atoms with Gasteiger partial charge in [0, 0.05) is 20.0 Å². The molecule has 0 fully saturated rings. The molecule has 0 aliphatic carbocycles. The maximum atomic E-state index is 10.5. The average Bonchev–Trinajstić information content (AvgIpc) is 3.66. The summed E-state index contributed by atoms with van der Waals surface area (Å²) in [7, 11) is -0.260. The van der Waals surface area contributed by atoms with E-state index < -0.39 is 35.6 Å². The van der Waals surface area contributed by atoms with Crippen LogP contribution in [0.5, 0.6) is 5.75 Å². The minimum Gasteiger partial charge on any atom is -0.496 e. The summed E-state index contributed by atoms with van der Waals surface area (Å²) in [6.45, 7) is 33.9. The van der Waals surface area contributed by atoms with Crippen LogP contribution in [-0.2, 0) is 52.7 Å². The molecule has 9 nitrogen and oxygen atoms in total. The van der Waals surface area contributed by atoms with Crippen molar-refractivity contribution in [2.45, 2.75) is 180 Å². The molecule has 0 heterocycles. The fraction of sp³-hybridized carbons (Fsp3) is 0.413. The number of rotatable bonds is 19. The number of aliphatic hydroxyl groups is 1. The van der Waals surface area contributed by atoms with Gasteiger partial charge in [-0.05, 0) is 180 Å². The zero-order valence-corrected chi connectivity index (χ0v) is 56.2. The van der Waals surface area contributed by atoms with Crippen LogP contribution >= 0.6 is 0 Å². The quantitative estimate of drug-likeness (QED) is 0.0481. The first-order valence-corrected chi connectivity index (χ1v) is 35.7. The molecule has 0 saturated carbocycles. The van der Waals surface area contributed by atoms with Crippen LogP contribution in [0.1, 0.15) is 141 Å². The van der Waals surface area contributed by atoms with Gasteiger partial charge in [0.05, 0.1) is 13.7 Å². The van der Waals surface area contributed by atoms with Gasteiger partial charge in [-0.3, -0.25) is 4.79 Å². The van der Waals surface area contributed by atoms with Crippen molar-refractivity contribution < 1.29 is 42.5 Å². The molecule has 470 valence electrons. The second-order valence-corrected chi connectivity index (χ2v) is 33.0. The minimum atomic E-state index is -1.68. The molecule has 7 rings (SSSR count). The molecular formula is C75H108O9Si2. The van der Waals surface area contributed by atoms with Crippen molar-refractivity contribution in [1.82, 2.24) is 0 Å². The summed E-state index contributed by atoms with van der Waals surface area (Å²) >= 11 is 0. The van der Waals surface area contributed by atoms with Crippen LogP contribution in [0.4, 0.5) is 4.79 Å². The number of aryl methyl sites for hydroxylation is 9. The highest BCUT2D eigenvalue weighted by atomic mass is 28.4. The van der Waals surface area contributed by atoms with Gasteiger partial charge in [-0.25, -0.2) is 4.79 Å². The molecule has 1 N–H and O–H groups in total. The molecule has 0 saturated heterocycles. The van der Waals surface area contributed by atoms with Crippen LogP contribution in [0.25, 0.3) is 11.1 Å². The number of hydrogen-bond acceptors (Lipinski definition) is 9. The fourth-order valence-electron chi connectivity index (χ4n) is 9.11. The number of aliphatic hydroxyl groups excluding tert-OH is 1. The van der Waals surface area contributed by atoms with Crippen LogP contribution in [-0.4, -0.2) is 61.7 Å². The molecule has 0 amide bonds. The lowest BCUT2D eigenvalue weighted by molar-refractivity contribution is -0.151. The summed E-state index contributed by atoms with van der Waals surface area (Å²) in [6, 6.07) is 59.0. The molecular weight excluding hydrogens is 1100 g/mol. The molecule has 7 aromatic rings. The average molecular weight is 1210 g/mol. The number of methoxy groups -OCH3 is 2. The first-order valence-electron chi connectivity index (χ1n) is 29.4. The maximum Gasteiger partial charge on any atom is 0.513 e. The number of carbonyl (C=O) groups excluding carboxylic acids is 2. The molecule has 86 heavy (non-hydrogen) atoms. The number of hydrogen-bond donors (Lipinski definition) is 1. The molecule has 0 aliphatic heterocycles. The van der Waals surface area contributed by atoms with Gasteiger partial charge >= 0.3 is 12.1 Å². The van der Waals surface area contributed by atoms with Crippen molar-refractivity contribution in [3.63, 3.8) is 0 Å². The predicted molar refractivity (Wildman–Crippen MR) is 368 cm³/mol. The van der Waals surface area contributed by atoms with Crippen molar-refractivity contribution in [3.8, 4) is 16.9 Å². The van der Waals surface area contributed by atoms with E-state index >= 15 is 0 Å². The zero-order chi connectivity index (χ0) is 62.5. The Morgan fingerprint density at radius 1 is 0.512 bits per heavy atom. The van der Waals surface area contributed by atoms with Crippen molar-refractivity contribution in [1.29, 1.82) is 0 Å². The summed E-state index contributed by atoms with van der Waals surface area (Å²) in [5.41, 5.74) is 19.7. The summed E-state index contributed by atoms with van der Waals surface area (Å²) in [4.78, 5) is 20.6. The van der Waals surface area contributed by atoms with Gasteiger partial charge in [0.25, 0.3) is 0 Å². The fourth-order valence-corrected chi connectivity index (χ4v) is 18.0. The van der Waals surface area contributed by atoms with Gasteiger partial charge in [0.1, 0.15) is 5.75 Å². The highest BCUT2D eigenvalue weighted by Crippen LogP contribution is 2.28. The van der Waals surface area contributed by atoms with Gasteiger partial charge in [-0.15, -0.1) is 0 Å². The molecule has 0 unspecified atom stereocenters. The normalized spacial score (nSPS) is 10.8. The number of carbonyl (C=O) groups is 2. The van der Waals surface area contributed by atoms with Crippen LogP contribution in [0.3, 0.4) is 0 Å². The molecule has 7 aromatic carbocycles. The molecule has 11 heteroatoms. The number of ether oxygens (including phenoxy) is 5. The van der Waals surface area contributed by atoms with Gasteiger partial charge in [-0.1, -0.05) is 222 Å². The Morgan fingerprint density at radius 3 is 1.28 bits per heavy atom. The van der Waals surface area contributed by atoms with Gasteiger partial charge in [-0.2, -0.15) is 0 Å². The SMILES string of the molecule is C.C.COCOC(=O)OCOC(C)=O.COc1cc(CCC[Si](C)(C)O[Si](C)(C)CCCc2ccc(C)c(CO)c2)ccc1C.Cc1ccc(-c2ccc(C)cc2)cc1.Cc1ccc(C(C)(C)C)cc1.Cc1ccc(C(C)c2ccc(C)cc2)cc1. The third-order valence-corrected chi connectivity index (χ3v) is 21.9. The van der Waals surface area contributed by atoms with Gasteiger partial charge < -0.3 is 32.9 Å². The Labute approximate surface area is 523 Å². The van der Waals surface area contributed by atoms with E-state index in [1.54, 1.807) is 7.11 Å². The van der Waals surface area contributed by atoms with E-state index in [1.165, 1.54) is 110 Å². The largest absolute Gasteiger partial charge is 0.513 e. The van der Waals surface area contributed by atoms with E-state index in [2.05, 4.69) is 279 Å². The molecule has 0 aromatic heterocycles. The lowest BCUT2D eigenvalue weighted by Gasteiger charge is -2.34. The molecule has 0 aliphatic rings. The van der Waals surface area contributed by atoms with Crippen molar-refractivity contribution in [2.75, 3.05) is 27.8 Å². The Hall–Kier alpha value is -6.61. The second-order valence-electron chi connectivity index (χ2n) is 24.1. The van der Waals surface area contributed by atoms with E-state index in [0.29, 0.717) is 5.92 Å². The van der Waals surface area contributed by atoms with Crippen LogP contribution in [0, 0.1) is 48.5 Å². The number of esters is 1. The molecule has 0 bridgehead atoms. The van der Waals surface area contributed by atoms with E-state index in [-0.39, 0.29) is 33.7 Å². The van der Waals surface area contributed by atoms with Crippen LogP contribution in [0.2, 0.25) is 38.3 Å². The van der Waals surface area contributed by atoms with Gasteiger partial charge in [0.2, 0.25) is 6.79 Å². The van der Waals surface area contributed by atoms with E-state index in [4.69, 9.17) is 8.85 Å². The highest BCUT2D eigenvalue weighted by molar-refractivity contribution is 6.84. The van der Waals surface area contributed by atoms with Crippen LogP contribution < -0.4 is 4.74 Å². The summed E-state index contributed by atoms with van der Waals surface area (Å²) in [5, 5.41) is 9.49. The Balaban J connectivity index is 0.000000571. The van der Waals surface area contributed by atoms with Crippen molar-refractivity contribution in [2.24, 2.45) is 0 Å². The first-order chi connectivity index (χ1) is 39.6. The molecule has 0 spiro atoms. The predicted octanol–water partition coefficient (Wildman–Crippen LogP) is 20.1. The van der Waals surface area contributed by atoms with Gasteiger partial charge in [0.15, 0.2) is 23.4 Å². The van der Waals surface area contributed by atoms with E-state index in [0.717, 1.165) is 30.6 Å². The molecule has 0 atom stereocenters. The van der Waals surface area contributed by atoms with Crippen LogP contribution in [0.15, 0.2) is 158 Å². The lowest BCUT2D eigenvalue weighted by atomic mass is 9.87. The summed E-state index contributed by atoms with van der Waals surface area (Å²) < 4.78 is 29.6. The van der Waals surface area contributed by atoms with Crippen molar-refractivity contribution >= 4 is 28.8 Å². The third kappa shape index (κ3) is 30.6. The van der Waals surface area contributed by atoms with E-state index in [9.17, 15) is 14.7 Å². The minimum absolute atomic E-state index is 0. The van der Waals surface area contributed by atoms with Crippen molar-refractivity contribution in [3.05, 3.63) is 230 Å². The summed E-state index contributed by atoms with van der Waals surface area (Å²) in [5.74, 6) is 0.925. The number of benzene rings is 7. The summed E-state index contributed by atoms with van der Waals surface area (Å²) in [6.07, 6.45) is 3.52. The Kier molecular flexibility index (Phi) is 35.3. The van der Waals surface area contributed by atoms with E-state index in [1.807, 2.05) is 0 Å². The third-order valence-electron chi connectivity index (χ3n) is 14.3. The monoisotopic (exact) mass is 1210 g/mol. The first kappa shape index (κ1) is 77.4.